The van der Waals surface area contributed by atoms with Gasteiger partial charge in [0.25, 0.3) is 0 Å². The Balaban J connectivity index is 2.19. The fourth-order valence-electron chi connectivity index (χ4n) is 2.30. The maximum absolute atomic E-state index is 6.08. The van der Waals surface area contributed by atoms with Crippen molar-refractivity contribution in [2.75, 3.05) is 22.9 Å². The van der Waals surface area contributed by atoms with Crippen molar-refractivity contribution < 1.29 is 0 Å². The largest absolute Gasteiger partial charge is 0.397 e. The Morgan fingerprint density at radius 2 is 1.83 bits per heavy atom. The summed E-state index contributed by atoms with van der Waals surface area (Å²) in [6.07, 6.45) is 1.69. The van der Waals surface area contributed by atoms with Crippen LogP contribution in [0.15, 0.2) is 24.4 Å². The molecule has 0 spiro atoms. The number of rotatable bonds is 6. The van der Waals surface area contributed by atoms with Crippen LogP contribution in [0.3, 0.4) is 0 Å². The van der Waals surface area contributed by atoms with Crippen LogP contribution < -0.4 is 22.1 Å². The van der Waals surface area contributed by atoms with Crippen LogP contribution in [0, 0.1) is 19.8 Å². The lowest BCUT2D eigenvalue weighted by molar-refractivity contribution is 0.531. The van der Waals surface area contributed by atoms with Crippen LogP contribution in [0.5, 0.6) is 0 Å². The van der Waals surface area contributed by atoms with E-state index in [1.807, 2.05) is 25.1 Å². The van der Waals surface area contributed by atoms with Crippen molar-refractivity contribution in [3.8, 4) is 0 Å². The van der Waals surface area contributed by atoms with E-state index in [-0.39, 0.29) is 6.04 Å². The van der Waals surface area contributed by atoms with E-state index in [4.69, 9.17) is 11.5 Å². The van der Waals surface area contributed by atoms with Gasteiger partial charge in [0.05, 0.1) is 23.3 Å². The quantitative estimate of drug-likeness (QED) is 0.612. The molecule has 1 atom stereocenters. The fourth-order valence-corrected chi connectivity index (χ4v) is 2.30. The second kappa shape index (κ2) is 7.28. The number of nitrogens with zero attached hydrogens (tertiary/aromatic N) is 2. The van der Waals surface area contributed by atoms with Gasteiger partial charge in [0, 0.05) is 18.7 Å². The number of nitrogens with one attached hydrogen (secondary N) is 2. The molecule has 6 nitrogen and oxygen atoms in total. The number of nitrogen functional groups attached to an aromatic ring is 1. The van der Waals surface area contributed by atoms with Crippen molar-refractivity contribution in [1.29, 1.82) is 0 Å². The van der Waals surface area contributed by atoms with E-state index in [0.29, 0.717) is 24.0 Å². The number of aromatic nitrogens is 2. The first-order valence-corrected chi connectivity index (χ1v) is 7.83. The highest BCUT2D eigenvalue weighted by molar-refractivity contribution is 5.73. The van der Waals surface area contributed by atoms with Gasteiger partial charge in [0.15, 0.2) is 5.82 Å². The zero-order valence-electron chi connectivity index (χ0n) is 14.2. The Morgan fingerprint density at radius 1 is 1.13 bits per heavy atom. The Labute approximate surface area is 137 Å². The number of hydrogen-bond donors (Lipinski definition) is 4. The van der Waals surface area contributed by atoms with Crippen molar-refractivity contribution in [2.24, 2.45) is 11.7 Å². The Morgan fingerprint density at radius 3 is 2.48 bits per heavy atom. The Hall–Kier alpha value is -2.34. The van der Waals surface area contributed by atoms with Crippen molar-refractivity contribution >= 4 is 22.9 Å². The standard InChI is InChI=1S/C17H26N6/c1-10(2)16(8-18)21-13-7-17(23-20-9-13)22-15-6-12(4)11(3)5-14(15)19/h5-7,9-10,16H,8,18-19H2,1-4H3,(H2,21,22,23)/t16-/m1/s1. The average Bonchev–Trinajstić information content (AvgIpc) is 2.50. The van der Waals surface area contributed by atoms with Gasteiger partial charge < -0.3 is 22.1 Å². The molecule has 0 bridgehead atoms. The van der Waals surface area contributed by atoms with Crippen molar-refractivity contribution in [3.63, 3.8) is 0 Å². The van der Waals surface area contributed by atoms with Gasteiger partial charge in [-0.3, -0.25) is 0 Å². The molecule has 0 unspecified atom stereocenters. The van der Waals surface area contributed by atoms with Gasteiger partial charge in [-0.2, -0.15) is 5.10 Å². The molecule has 6 N–H and O–H groups in total. The van der Waals surface area contributed by atoms with Crippen molar-refractivity contribution in [1.82, 2.24) is 10.2 Å². The molecule has 0 radical (unpaired) electrons. The fraction of sp³-hybridized carbons (Fsp3) is 0.412. The summed E-state index contributed by atoms with van der Waals surface area (Å²) in [6, 6.07) is 6.07. The summed E-state index contributed by atoms with van der Waals surface area (Å²) < 4.78 is 0. The molecule has 0 saturated heterocycles. The molecule has 1 aromatic carbocycles. The first-order chi connectivity index (χ1) is 10.9. The Bertz CT molecular complexity index is 668. The molecule has 23 heavy (non-hydrogen) atoms. The van der Waals surface area contributed by atoms with Gasteiger partial charge in [0.2, 0.25) is 0 Å². The molecular weight excluding hydrogens is 288 g/mol. The third-order valence-electron chi connectivity index (χ3n) is 3.99. The minimum atomic E-state index is 0.193. The molecule has 0 aliphatic heterocycles. The van der Waals surface area contributed by atoms with E-state index < -0.39 is 0 Å². The van der Waals surface area contributed by atoms with E-state index >= 15 is 0 Å². The van der Waals surface area contributed by atoms with Gasteiger partial charge in [-0.25, -0.2) is 0 Å². The van der Waals surface area contributed by atoms with Crippen LogP contribution in [-0.4, -0.2) is 22.8 Å². The predicted molar refractivity (Wildman–Crippen MR) is 96.9 cm³/mol. The summed E-state index contributed by atoms with van der Waals surface area (Å²) >= 11 is 0. The van der Waals surface area contributed by atoms with Crippen molar-refractivity contribution in [3.05, 3.63) is 35.5 Å². The number of anilines is 4. The molecule has 0 fully saturated rings. The third kappa shape index (κ3) is 4.32. The third-order valence-corrected chi connectivity index (χ3v) is 3.99. The van der Waals surface area contributed by atoms with Crippen LogP contribution in [0.25, 0.3) is 0 Å². The first-order valence-electron chi connectivity index (χ1n) is 7.83. The highest BCUT2D eigenvalue weighted by Gasteiger charge is 2.12. The summed E-state index contributed by atoms with van der Waals surface area (Å²) in [5.74, 6) is 1.07. The highest BCUT2D eigenvalue weighted by Crippen LogP contribution is 2.26. The van der Waals surface area contributed by atoms with Crippen LogP contribution in [0.4, 0.5) is 22.9 Å². The summed E-state index contributed by atoms with van der Waals surface area (Å²) in [5, 5.41) is 14.8. The topological polar surface area (TPSA) is 102 Å². The average molecular weight is 314 g/mol. The van der Waals surface area contributed by atoms with Crippen LogP contribution in [0.1, 0.15) is 25.0 Å². The summed E-state index contributed by atoms with van der Waals surface area (Å²) in [7, 11) is 0. The number of nitrogens with two attached hydrogens (primary N) is 2. The van der Waals surface area contributed by atoms with E-state index in [2.05, 4.69) is 41.6 Å². The van der Waals surface area contributed by atoms with E-state index in [1.54, 1.807) is 6.20 Å². The van der Waals surface area contributed by atoms with Gasteiger partial charge >= 0.3 is 0 Å². The number of benzene rings is 1. The highest BCUT2D eigenvalue weighted by atomic mass is 15.2. The SMILES string of the molecule is Cc1cc(N)c(Nc2cc(N[C@H](CN)C(C)C)cnn2)cc1C. The normalized spacial score (nSPS) is 12.3. The maximum atomic E-state index is 6.08. The van der Waals surface area contributed by atoms with Gasteiger partial charge in [-0.1, -0.05) is 13.8 Å². The van der Waals surface area contributed by atoms with E-state index in [1.165, 1.54) is 5.56 Å². The molecule has 1 heterocycles. The molecule has 2 aromatic rings. The maximum Gasteiger partial charge on any atom is 0.155 e. The zero-order chi connectivity index (χ0) is 17.0. The summed E-state index contributed by atoms with van der Waals surface area (Å²) in [4.78, 5) is 0. The molecule has 124 valence electrons. The summed E-state index contributed by atoms with van der Waals surface area (Å²) in [5.41, 5.74) is 16.6. The van der Waals surface area contributed by atoms with E-state index in [9.17, 15) is 0 Å². The lowest BCUT2D eigenvalue weighted by Crippen LogP contribution is -2.33. The molecule has 0 saturated carbocycles. The monoisotopic (exact) mass is 314 g/mol. The number of aryl methyl sites for hydroxylation is 2. The van der Waals surface area contributed by atoms with Gasteiger partial charge in [-0.05, 0) is 43.0 Å². The lowest BCUT2D eigenvalue weighted by atomic mass is 10.0. The smallest absolute Gasteiger partial charge is 0.155 e. The molecule has 0 aliphatic rings. The Kier molecular flexibility index (Phi) is 5.39. The molecule has 6 heteroatoms. The lowest BCUT2D eigenvalue weighted by Gasteiger charge is -2.21. The first kappa shape index (κ1) is 17.0. The molecule has 1 aromatic heterocycles. The molecule has 0 amide bonds. The van der Waals surface area contributed by atoms with Gasteiger partial charge in [0.1, 0.15) is 0 Å². The molecule has 2 rings (SSSR count). The zero-order valence-corrected chi connectivity index (χ0v) is 14.2. The predicted octanol–water partition coefficient (Wildman–Crippen LogP) is 2.81. The molecule has 0 aliphatic carbocycles. The number of hydrogen-bond acceptors (Lipinski definition) is 6. The van der Waals surface area contributed by atoms with Crippen LogP contribution in [0.2, 0.25) is 0 Å². The molecular formula is C17H26N6. The van der Waals surface area contributed by atoms with Crippen LogP contribution in [-0.2, 0) is 0 Å². The second-order valence-electron chi connectivity index (χ2n) is 6.21. The minimum absolute atomic E-state index is 0.193. The van der Waals surface area contributed by atoms with Crippen LogP contribution >= 0.6 is 0 Å². The minimum Gasteiger partial charge on any atom is -0.397 e. The summed E-state index contributed by atoms with van der Waals surface area (Å²) in [6.45, 7) is 8.92. The second-order valence-corrected chi connectivity index (χ2v) is 6.21. The van der Waals surface area contributed by atoms with E-state index in [0.717, 1.165) is 16.9 Å². The van der Waals surface area contributed by atoms with Gasteiger partial charge in [-0.15, -0.1) is 5.10 Å². The van der Waals surface area contributed by atoms with Crippen molar-refractivity contribution in [2.45, 2.75) is 33.7 Å².